The largest absolute Gasteiger partial charge is 0.481 e. The molecule has 0 amide bonds. The van der Waals surface area contributed by atoms with Crippen LogP contribution in [-0.4, -0.2) is 34.3 Å². The van der Waals surface area contributed by atoms with Gasteiger partial charge in [0.25, 0.3) is 5.56 Å². The standard InChI is InChI=1S/C16H16N2O5/c19-13(20)6-3-8-22-9-7-12-17-14-10-4-1-2-5-11(10)23-15(14)16(21)18-12/h1-2,4-5H,3,6-9H2,(H,19,20)(H,17,18,21). The first-order valence-electron chi connectivity index (χ1n) is 7.35. The van der Waals surface area contributed by atoms with Gasteiger partial charge in [-0.25, -0.2) is 4.98 Å². The number of ether oxygens (including phenoxy) is 1. The van der Waals surface area contributed by atoms with Crippen molar-refractivity contribution < 1.29 is 19.1 Å². The summed E-state index contributed by atoms with van der Waals surface area (Å²) in [4.78, 5) is 29.6. The second-order valence-corrected chi connectivity index (χ2v) is 5.15. The van der Waals surface area contributed by atoms with Gasteiger partial charge in [-0.3, -0.25) is 9.59 Å². The monoisotopic (exact) mass is 316 g/mol. The van der Waals surface area contributed by atoms with Gasteiger partial charge in [-0.2, -0.15) is 0 Å². The highest BCUT2D eigenvalue weighted by Gasteiger charge is 2.12. The number of carboxylic acid groups (broad SMARTS) is 1. The maximum absolute atomic E-state index is 12.1. The van der Waals surface area contributed by atoms with Gasteiger partial charge in [-0.15, -0.1) is 0 Å². The smallest absolute Gasteiger partial charge is 0.303 e. The molecule has 3 rings (SSSR count). The highest BCUT2D eigenvalue weighted by Crippen LogP contribution is 2.24. The molecule has 0 atom stereocenters. The third-order valence-electron chi connectivity index (χ3n) is 3.44. The van der Waals surface area contributed by atoms with E-state index < -0.39 is 5.97 Å². The van der Waals surface area contributed by atoms with Crippen LogP contribution in [0.3, 0.4) is 0 Å². The molecule has 23 heavy (non-hydrogen) atoms. The summed E-state index contributed by atoms with van der Waals surface area (Å²) < 4.78 is 10.9. The molecule has 0 spiro atoms. The molecule has 0 aliphatic heterocycles. The summed E-state index contributed by atoms with van der Waals surface area (Å²) in [5.74, 6) is -0.316. The molecular weight excluding hydrogens is 300 g/mol. The van der Waals surface area contributed by atoms with Crippen molar-refractivity contribution >= 4 is 28.0 Å². The van der Waals surface area contributed by atoms with Gasteiger partial charge in [-0.05, 0) is 18.6 Å². The van der Waals surface area contributed by atoms with Gasteiger partial charge in [0.05, 0.1) is 6.61 Å². The van der Waals surface area contributed by atoms with E-state index in [0.29, 0.717) is 43.0 Å². The predicted molar refractivity (Wildman–Crippen MR) is 83.5 cm³/mol. The van der Waals surface area contributed by atoms with Gasteiger partial charge in [0.2, 0.25) is 5.58 Å². The fraction of sp³-hybridized carbons (Fsp3) is 0.312. The summed E-state index contributed by atoms with van der Waals surface area (Å²) in [6.07, 6.45) is 0.991. The fourth-order valence-electron chi connectivity index (χ4n) is 2.36. The van der Waals surface area contributed by atoms with E-state index in [-0.39, 0.29) is 17.6 Å². The Hall–Kier alpha value is -2.67. The molecule has 0 bridgehead atoms. The number of para-hydroxylation sites is 1. The number of H-pyrrole nitrogens is 1. The maximum Gasteiger partial charge on any atom is 0.303 e. The summed E-state index contributed by atoms with van der Waals surface area (Å²) in [6, 6.07) is 7.36. The molecule has 1 aromatic carbocycles. The van der Waals surface area contributed by atoms with E-state index in [9.17, 15) is 9.59 Å². The summed E-state index contributed by atoms with van der Waals surface area (Å²) >= 11 is 0. The molecule has 3 aromatic rings. The Morgan fingerprint density at radius 3 is 2.96 bits per heavy atom. The molecule has 0 saturated heterocycles. The molecule has 0 fully saturated rings. The first-order valence-corrected chi connectivity index (χ1v) is 7.35. The second-order valence-electron chi connectivity index (χ2n) is 5.15. The van der Waals surface area contributed by atoms with Crippen LogP contribution < -0.4 is 5.56 Å². The van der Waals surface area contributed by atoms with Crippen molar-refractivity contribution in [1.29, 1.82) is 0 Å². The van der Waals surface area contributed by atoms with E-state index in [0.717, 1.165) is 5.39 Å². The van der Waals surface area contributed by atoms with E-state index in [1.54, 1.807) is 6.07 Å². The SMILES string of the molecule is O=C(O)CCCOCCc1nc2c(oc3ccccc32)c(=O)[nH]1. The first kappa shape index (κ1) is 15.2. The zero-order valence-electron chi connectivity index (χ0n) is 12.4. The van der Waals surface area contributed by atoms with Crippen LogP contribution in [-0.2, 0) is 16.0 Å². The van der Waals surface area contributed by atoms with E-state index in [1.165, 1.54) is 0 Å². The van der Waals surface area contributed by atoms with Crippen LogP contribution in [0.4, 0.5) is 0 Å². The average Bonchev–Trinajstić information content (AvgIpc) is 2.90. The molecule has 2 heterocycles. The molecule has 120 valence electrons. The topological polar surface area (TPSA) is 105 Å². The highest BCUT2D eigenvalue weighted by molar-refractivity contribution is 6.01. The molecule has 0 aliphatic carbocycles. The Morgan fingerprint density at radius 1 is 1.30 bits per heavy atom. The normalized spacial score (nSPS) is 11.3. The summed E-state index contributed by atoms with van der Waals surface area (Å²) in [7, 11) is 0. The Balaban J connectivity index is 1.71. The number of aromatic nitrogens is 2. The molecule has 7 nitrogen and oxygen atoms in total. The minimum Gasteiger partial charge on any atom is -0.481 e. The molecule has 2 aromatic heterocycles. The summed E-state index contributed by atoms with van der Waals surface area (Å²) in [5.41, 5.74) is 1.08. The van der Waals surface area contributed by atoms with Crippen LogP contribution in [0.15, 0.2) is 33.5 Å². The van der Waals surface area contributed by atoms with Crippen molar-refractivity contribution in [2.24, 2.45) is 0 Å². The number of nitrogens with one attached hydrogen (secondary N) is 1. The Morgan fingerprint density at radius 2 is 2.13 bits per heavy atom. The highest BCUT2D eigenvalue weighted by atomic mass is 16.5. The molecule has 7 heteroatoms. The van der Waals surface area contributed by atoms with Crippen molar-refractivity contribution in [1.82, 2.24) is 9.97 Å². The van der Waals surface area contributed by atoms with Crippen LogP contribution in [0.5, 0.6) is 0 Å². The number of aromatic amines is 1. The minimum absolute atomic E-state index is 0.0854. The number of carboxylic acids is 1. The molecule has 0 aliphatic rings. The van der Waals surface area contributed by atoms with Crippen molar-refractivity contribution in [2.75, 3.05) is 13.2 Å². The number of furan rings is 1. The Kier molecular flexibility index (Phi) is 4.38. The van der Waals surface area contributed by atoms with Gasteiger partial charge in [0.1, 0.15) is 16.9 Å². The number of hydrogen-bond acceptors (Lipinski definition) is 5. The van der Waals surface area contributed by atoms with Crippen LogP contribution in [0.1, 0.15) is 18.7 Å². The summed E-state index contributed by atoms with van der Waals surface area (Å²) in [6.45, 7) is 0.733. The van der Waals surface area contributed by atoms with Gasteiger partial charge < -0.3 is 19.2 Å². The van der Waals surface area contributed by atoms with Crippen molar-refractivity contribution in [2.45, 2.75) is 19.3 Å². The lowest BCUT2D eigenvalue weighted by molar-refractivity contribution is -0.137. The molecule has 0 saturated carbocycles. The van der Waals surface area contributed by atoms with Gasteiger partial charge in [0.15, 0.2) is 0 Å². The summed E-state index contributed by atoms with van der Waals surface area (Å²) in [5, 5.41) is 9.33. The third kappa shape index (κ3) is 3.40. The number of rotatable bonds is 7. The number of benzene rings is 1. The lowest BCUT2D eigenvalue weighted by atomic mass is 10.2. The van der Waals surface area contributed by atoms with Crippen LogP contribution >= 0.6 is 0 Å². The number of fused-ring (bicyclic) bond motifs is 3. The molecule has 2 N–H and O–H groups in total. The quantitative estimate of drug-likeness (QED) is 0.647. The molecule has 0 radical (unpaired) electrons. The van der Waals surface area contributed by atoms with Crippen LogP contribution in [0, 0.1) is 0 Å². The lowest BCUT2D eigenvalue weighted by Gasteiger charge is -2.03. The van der Waals surface area contributed by atoms with Gasteiger partial charge >= 0.3 is 5.97 Å². The van der Waals surface area contributed by atoms with Gasteiger partial charge in [0, 0.05) is 24.8 Å². The maximum atomic E-state index is 12.1. The minimum atomic E-state index is -0.836. The third-order valence-corrected chi connectivity index (χ3v) is 3.44. The number of nitrogens with zero attached hydrogens (tertiary/aromatic N) is 1. The zero-order valence-corrected chi connectivity index (χ0v) is 12.4. The van der Waals surface area contributed by atoms with E-state index in [1.807, 2.05) is 18.2 Å². The van der Waals surface area contributed by atoms with Crippen LogP contribution in [0.2, 0.25) is 0 Å². The van der Waals surface area contributed by atoms with Gasteiger partial charge in [-0.1, -0.05) is 12.1 Å². The van der Waals surface area contributed by atoms with Crippen LogP contribution in [0.25, 0.3) is 22.1 Å². The van der Waals surface area contributed by atoms with E-state index in [2.05, 4.69) is 9.97 Å². The van der Waals surface area contributed by atoms with Crippen molar-refractivity contribution in [3.8, 4) is 0 Å². The fourth-order valence-corrected chi connectivity index (χ4v) is 2.36. The lowest BCUT2D eigenvalue weighted by Crippen LogP contribution is -2.13. The first-order chi connectivity index (χ1) is 11.1. The number of aliphatic carboxylic acids is 1. The Bertz CT molecular complexity index is 896. The average molecular weight is 316 g/mol. The second kappa shape index (κ2) is 6.62. The van der Waals surface area contributed by atoms with E-state index >= 15 is 0 Å². The molecule has 0 unspecified atom stereocenters. The zero-order chi connectivity index (χ0) is 16.2. The van der Waals surface area contributed by atoms with E-state index in [4.69, 9.17) is 14.3 Å². The molecular formula is C16H16N2O5. The Labute approximate surface area is 130 Å². The van der Waals surface area contributed by atoms with Crippen molar-refractivity contribution in [3.05, 3.63) is 40.4 Å². The number of carbonyl (C=O) groups is 1. The number of hydrogen-bond donors (Lipinski definition) is 2. The van der Waals surface area contributed by atoms with Crippen molar-refractivity contribution in [3.63, 3.8) is 0 Å². The predicted octanol–water partition coefficient (Wildman–Crippen LogP) is 2.09.